The Labute approximate surface area is 151 Å². The second kappa shape index (κ2) is 6.33. The lowest BCUT2D eigenvalue weighted by atomic mass is 9.81. The monoisotopic (exact) mass is 364 g/mol. The van der Waals surface area contributed by atoms with E-state index in [2.05, 4.69) is 5.32 Å². The molecule has 4 fully saturated rings. The predicted molar refractivity (Wildman–Crippen MR) is 87.7 cm³/mol. The number of carboxylic acid groups (broad SMARTS) is 1. The van der Waals surface area contributed by atoms with Crippen LogP contribution in [-0.2, 0) is 23.9 Å². The van der Waals surface area contributed by atoms with Crippen LogP contribution in [0.1, 0.15) is 45.4 Å². The summed E-state index contributed by atoms with van der Waals surface area (Å²) in [5.74, 6) is -2.92. The highest BCUT2D eigenvalue weighted by Crippen LogP contribution is 2.48. The number of aliphatic carboxylic acids is 1. The Morgan fingerprint density at radius 2 is 1.58 bits per heavy atom. The molecule has 0 radical (unpaired) electrons. The quantitative estimate of drug-likeness (QED) is 0.694. The zero-order valence-electron chi connectivity index (χ0n) is 14.7. The highest BCUT2D eigenvalue weighted by atomic mass is 16.5. The van der Waals surface area contributed by atoms with Gasteiger partial charge in [0.25, 0.3) is 0 Å². The first-order chi connectivity index (χ1) is 12.4. The standard InChI is InChI=1S/C18H24N2O6/c1-8(15(21)19-10-4-2-9(3-5-10)18(24)25)20-16(22)13-11-6-7-12(26-11)14(13)17(20)23/h8-14H,2-7H2,1H3,(H,19,21)(H,24,25). The average molecular weight is 364 g/mol. The number of nitrogens with zero attached hydrogens (tertiary/aromatic N) is 1. The maximum absolute atomic E-state index is 12.7. The van der Waals surface area contributed by atoms with Gasteiger partial charge in [0.2, 0.25) is 17.7 Å². The molecule has 4 aliphatic rings. The third-order valence-corrected chi connectivity index (χ3v) is 6.51. The van der Waals surface area contributed by atoms with Crippen LogP contribution in [0.5, 0.6) is 0 Å². The van der Waals surface area contributed by atoms with Gasteiger partial charge in [0.05, 0.1) is 30.0 Å². The molecule has 0 aromatic heterocycles. The van der Waals surface area contributed by atoms with Crippen LogP contribution < -0.4 is 5.32 Å². The average Bonchev–Trinajstić information content (AvgIpc) is 3.29. The van der Waals surface area contributed by atoms with E-state index < -0.39 is 23.8 Å². The summed E-state index contributed by atoms with van der Waals surface area (Å²) in [6.07, 6.45) is 3.47. The molecule has 3 amide bonds. The molecular weight excluding hydrogens is 340 g/mol. The number of nitrogens with one attached hydrogen (secondary N) is 1. The van der Waals surface area contributed by atoms with Crippen LogP contribution >= 0.6 is 0 Å². The molecule has 26 heavy (non-hydrogen) atoms. The van der Waals surface area contributed by atoms with Crippen molar-refractivity contribution in [3.8, 4) is 0 Å². The third kappa shape index (κ3) is 2.62. The molecule has 2 bridgehead atoms. The van der Waals surface area contributed by atoms with Gasteiger partial charge in [-0.2, -0.15) is 0 Å². The van der Waals surface area contributed by atoms with Crippen molar-refractivity contribution in [2.45, 2.75) is 69.7 Å². The second-order valence-corrected chi connectivity index (χ2v) is 7.96. The number of rotatable bonds is 4. The lowest BCUT2D eigenvalue weighted by Gasteiger charge is -2.30. The van der Waals surface area contributed by atoms with Crippen LogP contribution in [0.25, 0.3) is 0 Å². The highest BCUT2D eigenvalue weighted by Gasteiger charge is 2.63. The van der Waals surface area contributed by atoms with Gasteiger partial charge in [-0.25, -0.2) is 0 Å². The lowest BCUT2D eigenvalue weighted by molar-refractivity contribution is -0.150. The largest absolute Gasteiger partial charge is 0.481 e. The Morgan fingerprint density at radius 3 is 2.08 bits per heavy atom. The van der Waals surface area contributed by atoms with E-state index in [1.54, 1.807) is 6.92 Å². The molecule has 0 spiro atoms. The highest BCUT2D eigenvalue weighted by molar-refractivity contribution is 6.09. The van der Waals surface area contributed by atoms with E-state index in [9.17, 15) is 19.2 Å². The third-order valence-electron chi connectivity index (χ3n) is 6.51. The number of amides is 3. The number of likely N-dealkylation sites (tertiary alicyclic amines) is 1. The van der Waals surface area contributed by atoms with Crippen molar-refractivity contribution < 1.29 is 29.0 Å². The summed E-state index contributed by atoms with van der Waals surface area (Å²) in [5, 5.41) is 11.9. The Morgan fingerprint density at radius 1 is 1.04 bits per heavy atom. The van der Waals surface area contributed by atoms with E-state index in [-0.39, 0.29) is 41.9 Å². The molecule has 5 unspecified atom stereocenters. The van der Waals surface area contributed by atoms with Crippen molar-refractivity contribution in [3.63, 3.8) is 0 Å². The van der Waals surface area contributed by atoms with E-state index in [0.29, 0.717) is 25.7 Å². The zero-order chi connectivity index (χ0) is 18.6. The molecule has 8 nitrogen and oxygen atoms in total. The Hall–Kier alpha value is -1.96. The Kier molecular flexibility index (Phi) is 4.25. The first-order valence-corrected chi connectivity index (χ1v) is 9.44. The summed E-state index contributed by atoms with van der Waals surface area (Å²) in [4.78, 5) is 50.2. The van der Waals surface area contributed by atoms with Gasteiger partial charge >= 0.3 is 5.97 Å². The second-order valence-electron chi connectivity index (χ2n) is 7.96. The summed E-state index contributed by atoms with van der Waals surface area (Å²) in [6, 6.07) is -0.954. The first kappa shape index (κ1) is 17.5. The Balaban J connectivity index is 1.38. The molecule has 3 heterocycles. The molecule has 2 N–H and O–H groups in total. The number of hydrogen-bond acceptors (Lipinski definition) is 5. The summed E-state index contributed by atoms with van der Waals surface area (Å²) < 4.78 is 5.70. The topological polar surface area (TPSA) is 113 Å². The number of carbonyl (C=O) groups is 4. The van der Waals surface area contributed by atoms with Crippen LogP contribution in [0.4, 0.5) is 0 Å². The van der Waals surface area contributed by atoms with Gasteiger partial charge in [0.15, 0.2) is 0 Å². The van der Waals surface area contributed by atoms with Gasteiger partial charge in [-0.3, -0.25) is 24.1 Å². The maximum Gasteiger partial charge on any atom is 0.306 e. The molecular formula is C18H24N2O6. The number of imide groups is 1. The fraction of sp³-hybridized carbons (Fsp3) is 0.778. The molecule has 1 saturated carbocycles. The summed E-state index contributed by atoms with van der Waals surface area (Å²) >= 11 is 0. The molecule has 4 rings (SSSR count). The van der Waals surface area contributed by atoms with Crippen molar-refractivity contribution in [1.29, 1.82) is 0 Å². The molecule has 3 saturated heterocycles. The van der Waals surface area contributed by atoms with Gasteiger partial charge < -0.3 is 15.2 Å². The first-order valence-electron chi connectivity index (χ1n) is 9.44. The summed E-state index contributed by atoms with van der Waals surface area (Å²) in [6.45, 7) is 1.58. The number of carbonyl (C=O) groups excluding carboxylic acids is 3. The van der Waals surface area contributed by atoms with Crippen molar-refractivity contribution in [1.82, 2.24) is 10.2 Å². The Bertz CT molecular complexity index is 628. The zero-order valence-corrected chi connectivity index (χ0v) is 14.7. The van der Waals surface area contributed by atoms with E-state index in [0.717, 1.165) is 17.7 Å². The van der Waals surface area contributed by atoms with Gasteiger partial charge in [-0.1, -0.05) is 0 Å². The number of carboxylic acids is 1. The predicted octanol–water partition coefficient (Wildman–Crippen LogP) is 0.297. The molecule has 0 aromatic rings. The SMILES string of the molecule is CC(C(=O)NC1CCC(C(=O)O)CC1)N1C(=O)C2C3CCC(O3)C2C1=O. The summed E-state index contributed by atoms with van der Waals surface area (Å²) in [7, 11) is 0. The fourth-order valence-electron chi connectivity index (χ4n) is 5.04. The minimum atomic E-state index is -0.850. The number of fused-ring (bicyclic) bond motifs is 5. The molecule has 8 heteroatoms. The molecule has 3 aliphatic heterocycles. The summed E-state index contributed by atoms with van der Waals surface area (Å²) in [5.41, 5.74) is 0. The van der Waals surface area contributed by atoms with Crippen molar-refractivity contribution >= 4 is 23.7 Å². The lowest BCUT2D eigenvalue weighted by Crippen LogP contribution is -2.52. The van der Waals surface area contributed by atoms with Gasteiger partial charge in [0.1, 0.15) is 6.04 Å². The van der Waals surface area contributed by atoms with Crippen LogP contribution in [0.15, 0.2) is 0 Å². The van der Waals surface area contributed by atoms with Crippen molar-refractivity contribution in [2.24, 2.45) is 17.8 Å². The van der Waals surface area contributed by atoms with Crippen LogP contribution in [0, 0.1) is 17.8 Å². The van der Waals surface area contributed by atoms with Crippen LogP contribution in [0.2, 0.25) is 0 Å². The van der Waals surface area contributed by atoms with E-state index in [1.807, 2.05) is 0 Å². The number of hydrogen-bond donors (Lipinski definition) is 2. The van der Waals surface area contributed by atoms with E-state index >= 15 is 0 Å². The molecule has 142 valence electrons. The van der Waals surface area contributed by atoms with Gasteiger partial charge in [0, 0.05) is 6.04 Å². The maximum atomic E-state index is 12.7. The van der Waals surface area contributed by atoms with Crippen LogP contribution in [0.3, 0.4) is 0 Å². The van der Waals surface area contributed by atoms with E-state index in [4.69, 9.17) is 9.84 Å². The van der Waals surface area contributed by atoms with Gasteiger partial charge in [-0.15, -0.1) is 0 Å². The minimum Gasteiger partial charge on any atom is -0.481 e. The van der Waals surface area contributed by atoms with Gasteiger partial charge in [-0.05, 0) is 45.4 Å². The van der Waals surface area contributed by atoms with Crippen molar-refractivity contribution in [2.75, 3.05) is 0 Å². The number of ether oxygens (including phenoxy) is 1. The van der Waals surface area contributed by atoms with Crippen LogP contribution in [-0.4, -0.2) is 58.0 Å². The molecule has 5 atom stereocenters. The molecule has 1 aliphatic carbocycles. The molecule has 0 aromatic carbocycles. The van der Waals surface area contributed by atoms with E-state index in [1.165, 1.54) is 0 Å². The minimum absolute atomic E-state index is 0.104. The smallest absolute Gasteiger partial charge is 0.306 e. The van der Waals surface area contributed by atoms with Crippen molar-refractivity contribution in [3.05, 3.63) is 0 Å². The normalized spacial score (nSPS) is 39.8. The fourth-order valence-corrected chi connectivity index (χ4v) is 5.04.